The quantitative estimate of drug-likeness (QED) is 0.843. The van der Waals surface area contributed by atoms with Crippen molar-refractivity contribution in [1.82, 2.24) is 5.32 Å². The standard InChI is InChI=1S/C14H22ClNO/c1-5-17-11(3)14(16-4)9-12-7-6-10(2)8-13(12)15/h6-8,11,14,16H,5,9H2,1-4H3. The Morgan fingerprint density at radius 1 is 1.41 bits per heavy atom. The number of rotatable bonds is 6. The zero-order valence-electron chi connectivity index (χ0n) is 11.1. The van der Waals surface area contributed by atoms with Crippen molar-refractivity contribution >= 4 is 11.6 Å². The Labute approximate surface area is 109 Å². The van der Waals surface area contributed by atoms with Crippen LogP contribution in [-0.2, 0) is 11.2 Å². The molecule has 2 nitrogen and oxygen atoms in total. The fourth-order valence-electron chi connectivity index (χ4n) is 1.94. The molecule has 96 valence electrons. The first kappa shape index (κ1) is 14.5. The van der Waals surface area contributed by atoms with E-state index in [1.807, 2.05) is 27.0 Å². The lowest BCUT2D eigenvalue weighted by Gasteiger charge is -2.24. The van der Waals surface area contributed by atoms with E-state index in [1.165, 1.54) is 11.1 Å². The zero-order valence-corrected chi connectivity index (χ0v) is 11.8. The van der Waals surface area contributed by atoms with E-state index < -0.39 is 0 Å². The largest absolute Gasteiger partial charge is 0.377 e. The summed E-state index contributed by atoms with van der Waals surface area (Å²) in [4.78, 5) is 0. The fraction of sp³-hybridized carbons (Fsp3) is 0.571. The van der Waals surface area contributed by atoms with Gasteiger partial charge in [0.2, 0.25) is 0 Å². The summed E-state index contributed by atoms with van der Waals surface area (Å²) < 4.78 is 5.63. The van der Waals surface area contributed by atoms with Gasteiger partial charge in [0.05, 0.1) is 6.10 Å². The highest BCUT2D eigenvalue weighted by molar-refractivity contribution is 6.31. The van der Waals surface area contributed by atoms with Crippen LogP contribution in [0.5, 0.6) is 0 Å². The summed E-state index contributed by atoms with van der Waals surface area (Å²) in [5.74, 6) is 0. The monoisotopic (exact) mass is 255 g/mol. The molecule has 1 N–H and O–H groups in total. The third kappa shape index (κ3) is 4.30. The molecule has 17 heavy (non-hydrogen) atoms. The van der Waals surface area contributed by atoms with E-state index in [0.29, 0.717) is 0 Å². The highest BCUT2D eigenvalue weighted by Crippen LogP contribution is 2.20. The first-order valence-corrected chi connectivity index (χ1v) is 6.50. The minimum Gasteiger partial charge on any atom is -0.377 e. The Hall–Kier alpha value is -0.570. The molecule has 1 rings (SSSR count). The van der Waals surface area contributed by atoms with Crippen LogP contribution in [0.25, 0.3) is 0 Å². The van der Waals surface area contributed by atoms with Gasteiger partial charge in [0.15, 0.2) is 0 Å². The number of nitrogens with one attached hydrogen (secondary N) is 1. The first-order chi connectivity index (χ1) is 8.08. The van der Waals surface area contributed by atoms with Crippen LogP contribution in [0.1, 0.15) is 25.0 Å². The van der Waals surface area contributed by atoms with Crippen LogP contribution >= 0.6 is 11.6 Å². The van der Waals surface area contributed by atoms with Crippen molar-refractivity contribution in [3.05, 3.63) is 34.3 Å². The van der Waals surface area contributed by atoms with Crippen LogP contribution < -0.4 is 5.32 Å². The highest BCUT2D eigenvalue weighted by Gasteiger charge is 2.17. The van der Waals surface area contributed by atoms with Gasteiger partial charge >= 0.3 is 0 Å². The van der Waals surface area contributed by atoms with Crippen molar-refractivity contribution in [3.8, 4) is 0 Å². The zero-order chi connectivity index (χ0) is 12.8. The van der Waals surface area contributed by atoms with Gasteiger partial charge in [0, 0.05) is 17.7 Å². The van der Waals surface area contributed by atoms with E-state index in [1.54, 1.807) is 0 Å². The molecule has 1 aromatic rings. The average Bonchev–Trinajstić information content (AvgIpc) is 2.28. The molecule has 0 heterocycles. The summed E-state index contributed by atoms with van der Waals surface area (Å²) in [6.07, 6.45) is 1.07. The molecule has 0 spiro atoms. The average molecular weight is 256 g/mol. The van der Waals surface area contributed by atoms with Crippen molar-refractivity contribution in [2.75, 3.05) is 13.7 Å². The van der Waals surface area contributed by atoms with Gasteiger partial charge in [0.1, 0.15) is 0 Å². The van der Waals surface area contributed by atoms with E-state index >= 15 is 0 Å². The number of aryl methyl sites for hydroxylation is 1. The number of halogens is 1. The van der Waals surface area contributed by atoms with E-state index in [9.17, 15) is 0 Å². The van der Waals surface area contributed by atoms with Gasteiger partial charge in [-0.2, -0.15) is 0 Å². The maximum absolute atomic E-state index is 6.24. The number of hydrogen-bond acceptors (Lipinski definition) is 2. The van der Waals surface area contributed by atoms with Crippen molar-refractivity contribution < 1.29 is 4.74 Å². The maximum Gasteiger partial charge on any atom is 0.0702 e. The summed E-state index contributed by atoms with van der Waals surface area (Å²) in [7, 11) is 1.96. The van der Waals surface area contributed by atoms with Gasteiger partial charge in [-0.15, -0.1) is 0 Å². The van der Waals surface area contributed by atoms with Crippen LogP contribution in [0.15, 0.2) is 18.2 Å². The Morgan fingerprint density at radius 2 is 2.12 bits per heavy atom. The van der Waals surface area contributed by atoms with Crippen LogP contribution in [0.3, 0.4) is 0 Å². The number of benzene rings is 1. The van der Waals surface area contributed by atoms with Gasteiger partial charge in [-0.25, -0.2) is 0 Å². The Kier molecular flexibility index (Phi) is 5.96. The third-order valence-electron chi connectivity index (χ3n) is 3.02. The summed E-state index contributed by atoms with van der Waals surface area (Å²) in [6.45, 7) is 6.89. The second kappa shape index (κ2) is 7.00. The SMILES string of the molecule is CCOC(C)C(Cc1ccc(C)cc1Cl)NC. The highest BCUT2D eigenvalue weighted by atomic mass is 35.5. The minimum atomic E-state index is 0.183. The second-order valence-electron chi connectivity index (χ2n) is 4.35. The van der Waals surface area contributed by atoms with E-state index in [-0.39, 0.29) is 12.1 Å². The fourth-order valence-corrected chi connectivity index (χ4v) is 2.25. The summed E-state index contributed by atoms with van der Waals surface area (Å²) in [5.41, 5.74) is 2.36. The predicted molar refractivity (Wildman–Crippen MR) is 73.8 cm³/mol. The van der Waals surface area contributed by atoms with Crippen LogP contribution in [-0.4, -0.2) is 25.8 Å². The molecule has 0 bridgehead atoms. The van der Waals surface area contributed by atoms with Gasteiger partial charge < -0.3 is 10.1 Å². The molecule has 2 unspecified atom stereocenters. The van der Waals surface area contributed by atoms with E-state index in [4.69, 9.17) is 16.3 Å². The first-order valence-electron chi connectivity index (χ1n) is 6.12. The molecule has 0 aromatic heterocycles. The van der Waals surface area contributed by atoms with Gasteiger partial charge in [-0.1, -0.05) is 23.7 Å². The van der Waals surface area contributed by atoms with Crippen LogP contribution in [0.2, 0.25) is 5.02 Å². The number of ether oxygens (including phenoxy) is 1. The maximum atomic E-state index is 6.24. The van der Waals surface area contributed by atoms with E-state index in [2.05, 4.69) is 24.4 Å². The molecule has 0 aliphatic carbocycles. The van der Waals surface area contributed by atoms with Crippen LogP contribution in [0.4, 0.5) is 0 Å². The summed E-state index contributed by atoms with van der Waals surface area (Å²) in [5, 5.41) is 4.13. The van der Waals surface area contributed by atoms with Crippen molar-refractivity contribution in [2.45, 2.75) is 39.3 Å². The molecule has 0 amide bonds. The Morgan fingerprint density at radius 3 is 2.65 bits per heavy atom. The molecule has 0 radical (unpaired) electrons. The molecule has 0 fully saturated rings. The summed E-state index contributed by atoms with van der Waals surface area (Å²) >= 11 is 6.24. The lowest BCUT2D eigenvalue weighted by Crippen LogP contribution is -2.39. The third-order valence-corrected chi connectivity index (χ3v) is 3.37. The second-order valence-corrected chi connectivity index (χ2v) is 4.76. The number of likely N-dealkylation sites (N-methyl/N-ethyl adjacent to an activating group) is 1. The van der Waals surface area contributed by atoms with Crippen molar-refractivity contribution in [3.63, 3.8) is 0 Å². The van der Waals surface area contributed by atoms with E-state index in [0.717, 1.165) is 18.1 Å². The molecular weight excluding hydrogens is 234 g/mol. The summed E-state index contributed by atoms with van der Waals surface area (Å²) in [6, 6.07) is 6.49. The molecule has 0 aliphatic heterocycles. The lowest BCUT2D eigenvalue weighted by molar-refractivity contribution is 0.0497. The Balaban J connectivity index is 2.73. The van der Waals surface area contributed by atoms with Gasteiger partial charge in [0.25, 0.3) is 0 Å². The Bertz CT molecular complexity index is 354. The molecular formula is C14H22ClNO. The predicted octanol–water partition coefficient (Wildman–Crippen LogP) is 3.20. The molecule has 0 aliphatic rings. The van der Waals surface area contributed by atoms with Crippen molar-refractivity contribution in [1.29, 1.82) is 0 Å². The molecule has 2 atom stereocenters. The normalized spacial score (nSPS) is 14.6. The topological polar surface area (TPSA) is 21.3 Å². The smallest absolute Gasteiger partial charge is 0.0702 e. The van der Waals surface area contributed by atoms with Crippen LogP contribution in [0, 0.1) is 6.92 Å². The molecule has 1 aromatic carbocycles. The van der Waals surface area contributed by atoms with Gasteiger partial charge in [-0.3, -0.25) is 0 Å². The molecule has 0 saturated carbocycles. The minimum absolute atomic E-state index is 0.183. The number of hydrogen-bond donors (Lipinski definition) is 1. The lowest BCUT2D eigenvalue weighted by atomic mass is 10.0. The van der Waals surface area contributed by atoms with Gasteiger partial charge in [-0.05, 0) is 51.4 Å². The molecule has 0 saturated heterocycles. The molecule has 3 heteroatoms. The van der Waals surface area contributed by atoms with Crippen molar-refractivity contribution in [2.24, 2.45) is 0 Å².